The van der Waals surface area contributed by atoms with E-state index in [1.54, 1.807) is 36.4 Å². The lowest BCUT2D eigenvalue weighted by atomic mass is 9.97. The van der Waals surface area contributed by atoms with Crippen LogP contribution < -0.4 is 5.32 Å². The molecule has 33 heavy (non-hydrogen) atoms. The second kappa shape index (κ2) is 9.54. The normalized spacial score (nSPS) is 18.8. The number of hydrogen-bond donors (Lipinski definition) is 2. The molecule has 7 nitrogen and oxygen atoms in total. The standard InChI is InChI=1S/C25H26FN3O4/c1-16(31)27-21-10-6-19(7-11-21)22-23(28-12-2-3-18(13-28)15-30)25(33)29(24(22)32)14-17-4-8-20(26)9-5-17/h4-11,18,30H,2-3,12-15H2,1H3,(H,27,31). The summed E-state index contributed by atoms with van der Waals surface area (Å²) in [5, 5.41) is 12.3. The summed E-state index contributed by atoms with van der Waals surface area (Å²) in [5.74, 6) is -1.38. The maximum absolute atomic E-state index is 13.5. The Labute approximate surface area is 191 Å². The first-order chi connectivity index (χ1) is 15.9. The molecule has 0 spiro atoms. The molecule has 172 valence electrons. The van der Waals surface area contributed by atoms with Gasteiger partial charge in [-0.3, -0.25) is 19.3 Å². The van der Waals surface area contributed by atoms with Crippen molar-refractivity contribution in [2.45, 2.75) is 26.3 Å². The zero-order valence-corrected chi connectivity index (χ0v) is 18.4. The minimum absolute atomic E-state index is 0.0198. The van der Waals surface area contributed by atoms with Gasteiger partial charge >= 0.3 is 0 Å². The summed E-state index contributed by atoms with van der Waals surface area (Å²) >= 11 is 0. The number of amides is 3. The van der Waals surface area contributed by atoms with Gasteiger partial charge in [0.05, 0.1) is 12.1 Å². The first-order valence-electron chi connectivity index (χ1n) is 11.0. The molecular formula is C25H26FN3O4. The van der Waals surface area contributed by atoms with Crippen LogP contribution in [0.1, 0.15) is 30.9 Å². The SMILES string of the molecule is CC(=O)Nc1ccc(C2=C(N3CCCC(CO)C3)C(=O)N(Cc3ccc(F)cc3)C2=O)cc1. The smallest absolute Gasteiger partial charge is 0.278 e. The Balaban J connectivity index is 1.70. The highest BCUT2D eigenvalue weighted by atomic mass is 19.1. The average Bonchev–Trinajstić information content (AvgIpc) is 3.05. The lowest BCUT2D eigenvalue weighted by Gasteiger charge is -2.34. The van der Waals surface area contributed by atoms with Gasteiger partial charge in [-0.25, -0.2) is 4.39 Å². The maximum Gasteiger partial charge on any atom is 0.278 e. The van der Waals surface area contributed by atoms with Crippen LogP contribution in [-0.2, 0) is 20.9 Å². The number of nitrogens with zero attached hydrogens (tertiary/aromatic N) is 2. The van der Waals surface area contributed by atoms with Gasteiger partial charge in [0.15, 0.2) is 0 Å². The van der Waals surface area contributed by atoms with Gasteiger partial charge in [0.2, 0.25) is 5.91 Å². The molecule has 4 rings (SSSR count). The van der Waals surface area contributed by atoms with E-state index in [1.165, 1.54) is 24.0 Å². The van der Waals surface area contributed by atoms with Crippen LogP contribution in [0.4, 0.5) is 10.1 Å². The molecule has 2 heterocycles. The zero-order valence-electron chi connectivity index (χ0n) is 18.4. The summed E-state index contributed by atoms with van der Waals surface area (Å²) in [5.41, 5.74) is 2.44. The second-order valence-electron chi connectivity index (χ2n) is 8.44. The van der Waals surface area contributed by atoms with Gasteiger partial charge in [-0.05, 0) is 54.2 Å². The fraction of sp³-hybridized carbons (Fsp3) is 0.320. The molecule has 2 N–H and O–H groups in total. The van der Waals surface area contributed by atoms with Crippen LogP contribution in [0.15, 0.2) is 54.2 Å². The van der Waals surface area contributed by atoms with Crippen molar-refractivity contribution in [2.24, 2.45) is 5.92 Å². The van der Waals surface area contributed by atoms with E-state index in [0.717, 1.165) is 12.8 Å². The molecule has 2 aromatic rings. The Kier molecular flexibility index (Phi) is 6.55. The van der Waals surface area contributed by atoms with Gasteiger partial charge in [-0.15, -0.1) is 0 Å². The third-order valence-corrected chi connectivity index (χ3v) is 5.98. The highest BCUT2D eigenvalue weighted by molar-refractivity contribution is 6.35. The quantitative estimate of drug-likeness (QED) is 0.660. The molecule has 0 saturated carbocycles. The van der Waals surface area contributed by atoms with Crippen molar-refractivity contribution in [1.82, 2.24) is 9.80 Å². The van der Waals surface area contributed by atoms with Crippen LogP contribution in [0.5, 0.6) is 0 Å². The summed E-state index contributed by atoms with van der Waals surface area (Å²) in [7, 11) is 0. The van der Waals surface area contributed by atoms with Gasteiger partial charge in [0.25, 0.3) is 11.8 Å². The van der Waals surface area contributed by atoms with Gasteiger partial charge in [0, 0.05) is 32.3 Å². The number of imide groups is 1. The summed E-state index contributed by atoms with van der Waals surface area (Å²) in [6.45, 7) is 2.57. The average molecular weight is 451 g/mol. The topological polar surface area (TPSA) is 90.0 Å². The summed E-state index contributed by atoms with van der Waals surface area (Å²) in [6, 6.07) is 12.5. The molecule has 0 aromatic heterocycles. The number of aliphatic hydroxyl groups is 1. The number of halogens is 1. The van der Waals surface area contributed by atoms with E-state index in [1.807, 2.05) is 4.90 Å². The predicted octanol–water partition coefficient (Wildman–Crippen LogP) is 2.77. The van der Waals surface area contributed by atoms with Crippen molar-refractivity contribution < 1.29 is 23.9 Å². The van der Waals surface area contributed by atoms with Crippen LogP contribution in [0.2, 0.25) is 0 Å². The van der Waals surface area contributed by atoms with E-state index in [9.17, 15) is 23.9 Å². The van der Waals surface area contributed by atoms with Gasteiger partial charge in [0.1, 0.15) is 11.5 Å². The molecule has 0 aliphatic carbocycles. The minimum atomic E-state index is -0.419. The molecule has 8 heteroatoms. The van der Waals surface area contributed by atoms with Crippen molar-refractivity contribution in [3.63, 3.8) is 0 Å². The number of piperidine rings is 1. The number of carbonyl (C=O) groups is 3. The molecule has 0 radical (unpaired) electrons. The van der Waals surface area contributed by atoms with Crippen LogP contribution >= 0.6 is 0 Å². The molecule has 2 aliphatic rings. The monoisotopic (exact) mass is 451 g/mol. The molecule has 2 aromatic carbocycles. The highest BCUT2D eigenvalue weighted by Crippen LogP contribution is 2.35. The number of likely N-dealkylation sites (tertiary alicyclic amines) is 1. The first kappa shape index (κ1) is 22.7. The molecule has 1 atom stereocenters. The van der Waals surface area contributed by atoms with Crippen molar-refractivity contribution in [3.8, 4) is 0 Å². The molecule has 3 amide bonds. The van der Waals surface area contributed by atoms with Crippen LogP contribution in [0, 0.1) is 11.7 Å². The van der Waals surface area contributed by atoms with Crippen LogP contribution in [-0.4, -0.2) is 52.3 Å². The second-order valence-corrected chi connectivity index (χ2v) is 8.44. The highest BCUT2D eigenvalue weighted by Gasteiger charge is 2.42. The number of aliphatic hydroxyl groups excluding tert-OH is 1. The Morgan fingerprint density at radius 2 is 1.79 bits per heavy atom. The Morgan fingerprint density at radius 3 is 2.42 bits per heavy atom. The molecule has 1 fully saturated rings. The predicted molar refractivity (Wildman–Crippen MR) is 121 cm³/mol. The van der Waals surface area contributed by atoms with E-state index in [0.29, 0.717) is 41.2 Å². The minimum Gasteiger partial charge on any atom is -0.396 e. The fourth-order valence-electron chi connectivity index (χ4n) is 4.37. The summed E-state index contributed by atoms with van der Waals surface area (Å²) in [6.07, 6.45) is 1.67. The first-order valence-corrected chi connectivity index (χ1v) is 11.0. The number of benzene rings is 2. The van der Waals surface area contributed by atoms with Gasteiger partial charge in [-0.2, -0.15) is 0 Å². The van der Waals surface area contributed by atoms with Gasteiger partial charge < -0.3 is 15.3 Å². The molecular weight excluding hydrogens is 425 g/mol. The van der Waals surface area contributed by atoms with Crippen molar-refractivity contribution in [2.75, 3.05) is 25.0 Å². The van der Waals surface area contributed by atoms with Crippen LogP contribution in [0.25, 0.3) is 5.57 Å². The van der Waals surface area contributed by atoms with E-state index in [4.69, 9.17) is 0 Å². The number of anilines is 1. The molecule has 0 bridgehead atoms. The Hall–Kier alpha value is -3.52. The molecule has 1 saturated heterocycles. The maximum atomic E-state index is 13.5. The lowest BCUT2D eigenvalue weighted by Crippen LogP contribution is -2.40. The summed E-state index contributed by atoms with van der Waals surface area (Å²) in [4.78, 5) is 41.4. The van der Waals surface area contributed by atoms with E-state index >= 15 is 0 Å². The molecule has 1 unspecified atom stereocenters. The lowest BCUT2D eigenvalue weighted by molar-refractivity contribution is -0.138. The van der Waals surface area contributed by atoms with Crippen molar-refractivity contribution >= 4 is 29.0 Å². The Bertz CT molecular complexity index is 1100. The number of hydrogen-bond acceptors (Lipinski definition) is 5. The fourth-order valence-corrected chi connectivity index (χ4v) is 4.37. The van der Waals surface area contributed by atoms with E-state index in [2.05, 4.69) is 5.32 Å². The third kappa shape index (κ3) is 4.80. The number of nitrogens with one attached hydrogen (secondary N) is 1. The largest absolute Gasteiger partial charge is 0.396 e. The molecule has 2 aliphatic heterocycles. The zero-order chi connectivity index (χ0) is 23.5. The third-order valence-electron chi connectivity index (χ3n) is 5.98. The van der Waals surface area contributed by atoms with Crippen molar-refractivity contribution in [1.29, 1.82) is 0 Å². The number of carbonyl (C=O) groups excluding carboxylic acids is 3. The van der Waals surface area contributed by atoms with Gasteiger partial charge in [-0.1, -0.05) is 24.3 Å². The van der Waals surface area contributed by atoms with Crippen LogP contribution in [0.3, 0.4) is 0 Å². The van der Waals surface area contributed by atoms with E-state index in [-0.39, 0.29) is 30.8 Å². The number of rotatable bonds is 6. The Morgan fingerprint density at radius 1 is 1.09 bits per heavy atom. The van der Waals surface area contributed by atoms with Crippen molar-refractivity contribution in [3.05, 3.63) is 71.2 Å². The van der Waals surface area contributed by atoms with E-state index < -0.39 is 11.8 Å². The summed E-state index contributed by atoms with van der Waals surface area (Å²) < 4.78 is 13.3.